The van der Waals surface area contributed by atoms with Crippen LogP contribution in [0.1, 0.15) is 0 Å². The van der Waals surface area contributed by atoms with Gasteiger partial charge >= 0.3 is 0 Å². The summed E-state index contributed by atoms with van der Waals surface area (Å²) in [6, 6.07) is 20.0. The maximum atomic E-state index is 5.42. The third-order valence-corrected chi connectivity index (χ3v) is 3.87. The highest BCUT2D eigenvalue weighted by Gasteiger charge is 2.08. The molecule has 0 saturated heterocycles. The molecular weight excluding hydrogens is 286 g/mol. The summed E-state index contributed by atoms with van der Waals surface area (Å²) in [4.78, 5) is 9.00. The summed E-state index contributed by atoms with van der Waals surface area (Å²) in [5, 5.41) is 0. The van der Waals surface area contributed by atoms with E-state index in [1.807, 2.05) is 65.4 Å². The van der Waals surface area contributed by atoms with Crippen LogP contribution in [0.3, 0.4) is 0 Å². The van der Waals surface area contributed by atoms with Crippen LogP contribution in [0.5, 0.6) is 5.75 Å². The van der Waals surface area contributed by atoms with Gasteiger partial charge in [-0.25, -0.2) is 9.97 Å². The highest BCUT2D eigenvalue weighted by molar-refractivity contribution is 5.77. The smallest absolute Gasteiger partial charge is 0.138 e. The lowest BCUT2D eigenvalue weighted by Crippen LogP contribution is -1.96. The van der Waals surface area contributed by atoms with Crippen molar-refractivity contribution in [1.29, 1.82) is 0 Å². The minimum absolute atomic E-state index is 0.843. The van der Waals surface area contributed by atoms with Crippen molar-refractivity contribution in [3.63, 3.8) is 0 Å². The molecule has 0 N–H and O–H groups in total. The van der Waals surface area contributed by atoms with Crippen LogP contribution < -0.4 is 4.74 Å². The van der Waals surface area contributed by atoms with Crippen molar-refractivity contribution < 1.29 is 4.74 Å². The zero-order valence-electron chi connectivity index (χ0n) is 12.7. The monoisotopic (exact) mass is 301 g/mol. The second-order valence-corrected chi connectivity index (χ2v) is 5.21. The summed E-state index contributed by atoms with van der Waals surface area (Å²) >= 11 is 0. The molecule has 0 aliphatic rings. The predicted octanol–water partition coefficient (Wildman–Crippen LogP) is 4.10. The number of pyridine rings is 1. The lowest BCUT2D eigenvalue weighted by molar-refractivity contribution is 0.416. The Morgan fingerprint density at radius 1 is 0.870 bits per heavy atom. The first-order valence-electron chi connectivity index (χ1n) is 7.39. The SMILES string of the molecule is COc1ccccc1-c1ccc(-n2cnc3ccccc32)nc1. The standard InChI is InChI=1S/C19H15N3O/c1-23-18-9-5-2-6-15(18)14-10-11-19(20-12-14)22-13-21-16-7-3-4-8-17(16)22/h2-13H,1H3. The summed E-state index contributed by atoms with van der Waals surface area (Å²) in [5.74, 6) is 1.69. The topological polar surface area (TPSA) is 39.9 Å². The summed E-state index contributed by atoms with van der Waals surface area (Å²) in [7, 11) is 1.68. The zero-order valence-corrected chi connectivity index (χ0v) is 12.7. The molecule has 0 atom stereocenters. The summed E-state index contributed by atoms with van der Waals surface area (Å²) in [6.45, 7) is 0. The van der Waals surface area contributed by atoms with Crippen molar-refractivity contribution in [2.45, 2.75) is 0 Å². The molecule has 4 heteroatoms. The molecule has 2 aromatic carbocycles. The number of ether oxygens (including phenoxy) is 1. The Morgan fingerprint density at radius 2 is 1.70 bits per heavy atom. The Balaban J connectivity index is 1.76. The minimum Gasteiger partial charge on any atom is -0.496 e. The van der Waals surface area contributed by atoms with E-state index in [9.17, 15) is 0 Å². The van der Waals surface area contributed by atoms with Crippen molar-refractivity contribution in [3.05, 3.63) is 73.2 Å². The highest BCUT2D eigenvalue weighted by Crippen LogP contribution is 2.29. The first-order valence-corrected chi connectivity index (χ1v) is 7.39. The number of hydrogen-bond acceptors (Lipinski definition) is 3. The molecule has 112 valence electrons. The van der Waals surface area contributed by atoms with Crippen LogP contribution in [0.2, 0.25) is 0 Å². The van der Waals surface area contributed by atoms with Crippen LogP contribution in [-0.4, -0.2) is 21.6 Å². The largest absolute Gasteiger partial charge is 0.496 e. The Morgan fingerprint density at radius 3 is 2.52 bits per heavy atom. The van der Waals surface area contributed by atoms with Crippen molar-refractivity contribution in [3.8, 4) is 22.7 Å². The number of imidazole rings is 1. The number of fused-ring (bicyclic) bond motifs is 1. The van der Waals surface area contributed by atoms with E-state index >= 15 is 0 Å². The van der Waals surface area contributed by atoms with Gasteiger partial charge in [0.15, 0.2) is 0 Å². The van der Waals surface area contributed by atoms with E-state index in [0.29, 0.717) is 0 Å². The Kier molecular flexibility index (Phi) is 3.27. The summed E-state index contributed by atoms with van der Waals surface area (Å²) in [6.07, 6.45) is 3.66. The molecule has 4 rings (SSSR count). The van der Waals surface area contributed by atoms with Gasteiger partial charge in [0.05, 0.1) is 18.1 Å². The number of methoxy groups -OCH3 is 1. The van der Waals surface area contributed by atoms with Gasteiger partial charge in [0.2, 0.25) is 0 Å². The fraction of sp³-hybridized carbons (Fsp3) is 0.0526. The lowest BCUT2D eigenvalue weighted by atomic mass is 10.1. The van der Waals surface area contributed by atoms with Gasteiger partial charge in [-0.3, -0.25) is 4.57 Å². The van der Waals surface area contributed by atoms with E-state index in [1.165, 1.54) is 0 Å². The van der Waals surface area contributed by atoms with Crippen LogP contribution in [-0.2, 0) is 0 Å². The quantitative estimate of drug-likeness (QED) is 0.572. The molecule has 0 amide bonds. The Labute approximate surface area is 134 Å². The van der Waals surface area contributed by atoms with Crippen molar-refractivity contribution >= 4 is 11.0 Å². The van der Waals surface area contributed by atoms with Crippen LogP contribution in [0, 0.1) is 0 Å². The molecular formula is C19H15N3O. The Hall–Kier alpha value is -3.14. The van der Waals surface area contributed by atoms with Crippen LogP contribution in [0.25, 0.3) is 28.0 Å². The maximum Gasteiger partial charge on any atom is 0.138 e. The van der Waals surface area contributed by atoms with Gasteiger partial charge in [-0.2, -0.15) is 0 Å². The number of rotatable bonds is 3. The van der Waals surface area contributed by atoms with Crippen molar-refractivity contribution in [2.75, 3.05) is 7.11 Å². The summed E-state index contributed by atoms with van der Waals surface area (Å²) in [5.41, 5.74) is 4.06. The second-order valence-electron chi connectivity index (χ2n) is 5.21. The molecule has 0 fully saturated rings. The van der Waals surface area contributed by atoms with Crippen molar-refractivity contribution in [1.82, 2.24) is 14.5 Å². The van der Waals surface area contributed by atoms with Gasteiger partial charge in [0, 0.05) is 17.3 Å². The molecule has 2 heterocycles. The zero-order chi connectivity index (χ0) is 15.6. The average molecular weight is 301 g/mol. The number of benzene rings is 2. The van der Waals surface area contributed by atoms with Gasteiger partial charge < -0.3 is 4.74 Å². The summed E-state index contributed by atoms with van der Waals surface area (Å²) < 4.78 is 7.40. The third-order valence-electron chi connectivity index (χ3n) is 3.87. The molecule has 0 unspecified atom stereocenters. The first-order chi connectivity index (χ1) is 11.4. The normalized spacial score (nSPS) is 10.8. The molecule has 0 spiro atoms. The second kappa shape index (κ2) is 5.57. The van der Waals surface area contributed by atoms with E-state index in [4.69, 9.17) is 4.74 Å². The third kappa shape index (κ3) is 2.34. The number of para-hydroxylation sites is 3. The van der Waals surface area contributed by atoms with Crippen LogP contribution in [0.4, 0.5) is 0 Å². The van der Waals surface area contributed by atoms with Crippen molar-refractivity contribution in [2.24, 2.45) is 0 Å². The van der Waals surface area contributed by atoms with Gasteiger partial charge in [0.1, 0.15) is 17.9 Å². The molecule has 0 radical (unpaired) electrons. The fourth-order valence-electron chi connectivity index (χ4n) is 2.71. The van der Waals surface area contributed by atoms with Gasteiger partial charge in [0.25, 0.3) is 0 Å². The highest BCUT2D eigenvalue weighted by atomic mass is 16.5. The molecule has 4 nitrogen and oxygen atoms in total. The molecule has 23 heavy (non-hydrogen) atoms. The first kappa shape index (κ1) is 13.5. The molecule has 0 bridgehead atoms. The molecule has 4 aromatic rings. The van der Waals surface area contributed by atoms with Gasteiger partial charge in [-0.05, 0) is 30.3 Å². The number of nitrogens with zero attached hydrogens (tertiary/aromatic N) is 3. The minimum atomic E-state index is 0.843. The van der Waals surface area contributed by atoms with E-state index in [2.05, 4.69) is 16.0 Å². The van der Waals surface area contributed by atoms with Gasteiger partial charge in [-0.15, -0.1) is 0 Å². The maximum absolute atomic E-state index is 5.42. The molecule has 0 aliphatic carbocycles. The van der Waals surface area contributed by atoms with E-state index in [-0.39, 0.29) is 0 Å². The van der Waals surface area contributed by atoms with E-state index < -0.39 is 0 Å². The average Bonchev–Trinajstić information content (AvgIpc) is 3.06. The fourth-order valence-corrected chi connectivity index (χ4v) is 2.71. The molecule has 0 saturated carbocycles. The predicted molar refractivity (Wildman–Crippen MR) is 90.9 cm³/mol. The lowest BCUT2D eigenvalue weighted by Gasteiger charge is -2.09. The van der Waals surface area contributed by atoms with Crippen LogP contribution >= 0.6 is 0 Å². The molecule has 2 aromatic heterocycles. The van der Waals surface area contributed by atoms with E-state index in [1.54, 1.807) is 13.4 Å². The molecule has 0 aliphatic heterocycles. The van der Waals surface area contributed by atoms with E-state index in [0.717, 1.165) is 33.7 Å². The number of aromatic nitrogens is 3. The number of hydrogen-bond donors (Lipinski definition) is 0. The Bertz CT molecular complexity index is 958. The van der Waals surface area contributed by atoms with Gasteiger partial charge in [-0.1, -0.05) is 30.3 Å². The van der Waals surface area contributed by atoms with Crippen LogP contribution in [0.15, 0.2) is 73.2 Å².